The number of carboxylic acid groups (broad SMARTS) is 1. The average molecular weight is 277 g/mol. The summed E-state index contributed by atoms with van der Waals surface area (Å²) in [5.74, 6) is -0.970. The molecule has 100 valence electrons. The zero-order chi connectivity index (χ0) is 14.0. The van der Waals surface area contributed by atoms with Crippen molar-refractivity contribution in [2.24, 2.45) is 0 Å². The van der Waals surface area contributed by atoms with Gasteiger partial charge in [-0.1, -0.05) is 0 Å². The Morgan fingerprint density at radius 3 is 2.68 bits per heavy atom. The summed E-state index contributed by atoms with van der Waals surface area (Å²) < 4.78 is 0. The van der Waals surface area contributed by atoms with Gasteiger partial charge in [-0.3, -0.25) is 4.98 Å². The molecule has 0 saturated heterocycles. The molecule has 0 fully saturated rings. The summed E-state index contributed by atoms with van der Waals surface area (Å²) in [6, 6.07) is 1.75. The number of carbonyl (C=O) groups is 1. The van der Waals surface area contributed by atoms with Crippen molar-refractivity contribution >= 4 is 23.0 Å². The second-order valence-electron chi connectivity index (χ2n) is 4.29. The number of aromatic nitrogens is 2. The third-order valence-corrected chi connectivity index (χ3v) is 3.49. The van der Waals surface area contributed by atoms with Crippen molar-refractivity contribution in [1.82, 2.24) is 9.97 Å². The van der Waals surface area contributed by atoms with Crippen LogP contribution in [0.2, 0.25) is 0 Å². The van der Waals surface area contributed by atoms with Crippen LogP contribution in [0.1, 0.15) is 32.4 Å². The lowest BCUT2D eigenvalue weighted by Crippen LogP contribution is -2.10. The van der Waals surface area contributed by atoms with Crippen molar-refractivity contribution < 1.29 is 9.90 Å². The maximum absolute atomic E-state index is 11.3. The summed E-state index contributed by atoms with van der Waals surface area (Å²) >= 11 is 1.58. The summed E-state index contributed by atoms with van der Waals surface area (Å²) in [4.78, 5) is 19.8. The standard InChI is InChI=1S/C13H15N3O2S/c1-7-4-11(12(13(17)18)8(2)15-7)14-5-10-6-19-9(3)16-10/h4,6H,5H2,1-3H3,(H,14,15)(H,17,18). The lowest BCUT2D eigenvalue weighted by molar-refractivity contribution is 0.0696. The number of aryl methyl sites for hydroxylation is 3. The molecule has 0 bridgehead atoms. The normalized spacial score (nSPS) is 10.5. The first kappa shape index (κ1) is 13.5. The quantitative estimate of drug-likeness (QED) is 0.898. The van der Waals surface area contributed by atoms with Crippen molar-refractivity contribution in [3.8, 4) is 0 Å². The number of rotatable bonds is 4. The number of nitrogens with one attached hydrogen (secondary N) is 1. The highest BCUT2D eigenvalue weighted by atomic mass is 32.1. The molecule has 0 saturated carbocycles. The van der Waals surface area contributed by atoms with Crippen LogP contribution in [0.15, 0.2) is 11.4 Å². The molecule has 5 nitrogen and oxygen atoms in total. The van der Waals surface area contributed by atoms with Gasteiger partial charge in [0.2, 0.25) is 0 Å². The minimum atomic E-state index is -0.970. The van der Waals surface area contributed by atoms with E-state index in [-0.39, 0.29) is 5.56 Å². The SMILES string of the molecule is Cc1cc(NCc2csc(C)n2)c(C(=O)O)c(C)n1. The number of hydrogen-bond acceptors (Lipinski definition) is 5. The monoisotopic (exact) mass is 277 g/mol. The maximum Gasteiger partial charge on any atom is 0.339 e. The topological polar surface area (TPSA) is 75.1 Å². The second-order valence-corrected chi connectivity index (χ2v) is 5.35. The van der Waals surface area contributed by atoms with Crippen LogP contribution < -0.4 is 5.32 Å². The minimum Gasteiger partial charge on any atom is -0.478 e. The number of thiazole rings is 1. The summed E-state index contributed by atoms with van der Waals surface area (Å²) in [7, 11) is 0. The van der Waals surface area contributed by atoms with Gasteiger partial charge in [0.25, 0.3) is 0 Å². The molecule has 19 heavy (non-hydrogen) atoms. The molecule has 2 heterocycles. The van der Waals surface area contributed by atoms with Gasteiger partial charge in [-0.2, -0.15) is 0 Å². The van der Waals surface area contributed by atoms with E-state index in [2.05, 4.69) is 15.3 Å². The first-order valence-electron chi connectivity index (χ1n) is 5.84. The summed E-state index contributed by atoms with van der Waals surface area (Å²) in [6.07, 6.45) is 0. The van der Waals surface area contributed by atoms with Gasteiger partial charge >= 0.3 is 5.97 Å². The van der Waals surface area contributed by atoms with Crippen molar-refractivity contribution in [1.29, 1.82) is 0 Å². The third-order valence-electron chi connectivity index (χ3n) is 2.67. The third kappa shape index (κ3) is 3.08. The summed E-state index contributed by atoms with van der Waals surface area (Å²) in [5.41, 5.74) is 3.02. The van der Waals surface area contributed by atoms with E-state index in [1.807, 2.05) is 19.2 Å². The molecule has 0 aliphatic heterocycles. The van der Waals surface area contributed by atoms with Crippen molar-refractivity contribution in [2.75, 3.05) is 5.32 Å². The second kappa shape index (κ2) is 5.36. The van der Waals surface area contributed by atoms with Crippen LogP contribution in [0, 0.1) is 20.8 Å². The Balaban J connectivity index is 2.26. The first-order valence-corrected chi connectivity index (χ1v) is 6.71. The van der Waals surface area contributed by atoms with E-state index < -0.39 is 5.97 Å². The summed E-state index contributed by atoms with van der Waals surface area (Å²) in [6.45, 7) is 6.00. The zero-order valence-electron chi connectivity index (χ0n) is 11.0. The Kier molecular flexibility index (Phi) is 3.80. The lowest BCUT2D eigenvalue weighted by Gasteiger charge is -2.11. The van der Waals surface area contributed by atoms with Gasteiger partial charge < -0.3 is 10.4 Å². The van der Waals surface area contributed by atoms with E-state index in [9.17, 15) is 9.90 Å². The zero-order valence-corrected chi connectivity index (χ0v) is 11.8. The number of hydrogen-bond donors (Lipinski definition) is 2. The predicted octanol–water partition coefficient (Wildman–Crippen LogP) is 2.77. The van der Waals surface area contributed by atoms with Crippen LogP contribution in [0.25, 0.3) is 0 Å². The number of aromatic carboxylic acids is 1. The minimum absolute atomic E-state index is 0.220. The molecule has 0 aliphatic rings. The van der Waals surface area contributed by atoms with Crippen LogP contribution in [-0.4, -0.2) is 21.0 Å². The van der Waals surface area contributed by atoms with Gasteiger partial charge in [0.1, 0.15) is 5.56 Å². The molecular formula is C13H15N3O2S. The van der Waals surface area contributed by atoms with E-state index in [1.165, 1.54) is 0 Å². The molecule has 2 rings (SSSR count). The van der Waals surface area contributed by atoms with Gasteiger partial charge in [-0.05, 0) is 26.8 Å². The summed E-state index contributed by atoms with van der Waals surface area (Å²) in [5, 5.41) is 15.3. The fourth-order valence-electron chi connectivity index (χ4n) is 1.91. The van der Waals surface area contributed by atoms with Crippen LogP contribution in [0.5, 0.6) is 0 Å². The molecule has 2 aromatic rings. The molecule has 0 spiro atoms. The molecule has 0 aromatic carbocycles. The van der Waals surface area contributed by atoms with Gasteiger partial charge in [0, 0.05) is 11.1 Å². The van der Waals surface area contributed by atoms with Crippen LogP contribution in [-0.2, 0) is 6.54 Å². The molecule has 0 radical (unpaired) electrons. The Labute approximate surface area is 115 Å². The van der Waals surface area contributed by atoms with Gasteiger partial charge in [-0.15, -0.1) is 11.3 Å². The molecule has 2 N–H and O–H groups in total. The van der Waals surface area contributed by atoms with Crippen LogP contribution in [0.3, 0.4) is 0 Å². The van der Waals surface area contributed by atoms with E-state index in [0.29, 0.717) is 17.9 Å². The van der Waals surface area contributed by atoms with Crippen molar-refractivity contribution in [2.45, 2.75) is 27.3 Å². The highest BCUT2D eigenvalue weighted by Gasteiger charge is 2.15. The first-order chi connectivity index (χ1) is 8.97. The van der Waals surface area contributed by atoms with Gasteiger partial charge in [0.05, 0.1) is 28.6 Å². The number of pyridine rings is 1. The highest BCUT2D eigenvalue weighted by molar-refractivity contribution is 7.09. The van der Waals surface area contributed by atoms with Gasteiger partial charge in [-0.25, -0.2) is 9.78 Å². The Hall–Kier alpha value is -1.95. The largest absolute Gasteiger partial charge is 0.478 e. The molecule has 0 aliphatic carbocycles. The van der Waals surface area contributed by atoms with Crippen molar-refractivity contribution in [3.63, 3.8) is 0 Å². The van der Waals surface area contributed by atoms with Crippen LogP contribution >= 0.6 is 11.3 Å². The average Bonchev–Trinajstić information content (AvgIpc) is 2.71. The Bertz CT molecular complexity index is 622. The number of anilines is 1. The van der Waals surface area contributed by atoms with E-state index in [4.69, 9.17) is 0 Å². The molecular weight excluding hydrogens is 262 g/mol. The smallest absolute Gasteiger partial charge is 0.339 e. The predicted molar refractivity (Wildman–Crippen MR) is 74.8 cm³/mol. The Morgan fingerprint density at radius 1 is 1.37 bits per heavy atom. The fourth-order valence-corrected chi connectivity index (χ4v) is 2.53. The van der Waals surface area contributed by atoms with E-state index in [1.54, 1.807) is 24.3 Å². The molecule has 6 heteroatoms. The maximum atomic E-state index is 11.3. The number of carboxylic acids is 1. The van der Waals surface area contributed by atoms with Crippen LogP contribution in [0.4, 0.5) is 5.69 Å². The molecule has 0 atom stereocenters. The van der Waals surface area contributed by atoms with E-state index in [0.717, 1.165) is 16.4 Å². The Morgan fingerprint density at radius 2 is 2.11 bits per heavy atom. The highest BCUT2D eigenvalue weighted by Crippen LogP contribution is 2.21. The van der Waals surface area contributed by atoms with E-state index >= 15 is 0 Å². The van der Waals surface area contributed by atoms with Crippen molar-refractivity contribution in [3.05, 3.63) is 39.1 Å². The number of nitrogens with zero attached hydrogens (tertiary/aromatic N) is 2. The molecule has 2 aromatic heterocycles. The van der Waals surface area contributed by atoms with Gasteiger partial charge in [0.15, 0.2) is 0 Å². The molecule has 0 amide bonds. The molecule has 0 unspecified atom stereocenters. The fraction of sp³-hybridized carbons (Fsp3) is 0.308. The lowest BCUT2D eigenvalue weighted by atomic mass is 10.1.